The summed E-state index contributed by atoms with van der Waals surface area (Å²) >= 11 is 1.05. The molecule has 3 N–H and O–H groups in total. The lowest BCUT2D eigenvalue weighted by atomic mass is 9.33. The Labute approximate surface area is 310 Å². The summed E-state index contributed by atoms with van der Waals surface area (Å²) < 4.78 is 46.3. The lowest BCUT2D eigenvalue weighted by molar-refractivity contribution is -0.228. The third kappa shape index (κ3) is 7.40. The number of nitrogens with one attached hydrogen (secondary N) is 3. The van der Waals surface area contributed by atoms with Crippen LogP contribution in [0.15, 0.2) is 30.6 Å². The molecule has 4 aromatic rings. The zero-order chi connectivity index (χ0) is 37.9. The van der Waals surface area contributed by atoms with Crippen molar-refractivity contribution in [3.8, 4) is 6.07 Å². The number of piperidine rings is 1. The number of thiophene rings is 1. The van der Waals surface area contributed by atoms with Crippen LogP contribution in [0.3, 0.4) is 0 Å². The Hall–Kier alpha value is -4.42. The molecule has 11 nitrogen and oxygen atoms in total. The predicted octanol–water partition coefficient (Wildman–Crippen LogP) is 6.82. The normalized spacial score (nSPS) is 23.3. The molecule has 282 valence electrons. The van der Waals surface area contributed by atoms with Gasteiger partial charge in [-0.25, -0.2) is 14.8 Å². The molecule has 1 atom stereocenters. The van der Waals surface area contributed by atoms with Crippen molar-refractivity contribution < 1.29 is 27.5 Å². The Bertz CT molecular complexity index is 2100. The van der Waals surface area contributed by atoms with E-state index in [1.165, 1.54) is 11.9 Å². The van der Waals surface area contributed by atoms with Crippen molar-refractivity contribution in [2.45, 2.75) is 103 Å². The van der Waals surface area contributed by atoms with Gasteiger partial charge in [0.1, 0.15) is 40.9 Å². The second kappa shape index (κ2) is 13.5. The number of hydrogen-bond donors (Lipinski definition) is 3. The van der Waals surface area contributed by atoms with Crippen LogP contribution in [0, 0.1) is 29.6 Å². The van der Waals surface area contributed by atoms with E-state index in [1.54, 1.807) is 26.8 Å². The van der Waals surface area contributed by atoms with Crippen LogP contribution in [0.25, 0.3) is 21.1 Å². The van der Waals surface area contributed by atoms with Gasteiger partial charge in [0.05, 0.1) is 11.8 Å². The van der Waals surface area contributed by atoms with Crippen molar-refractivity contribution in [2.75, 3.05) is 25.0 Å². The molecular formula is C38H45F3N8O3S. The first-order valence-corrected chi connectivity index (χ1v) is 18.9. The summed E-state index contributed by atoms with van der Waals surface area (Å²) in [5, 5.41) is 21.0. The number of aromatic nitrogens is 3. The minimum absolute atomic E-state index is 0.0132. The average molecular weight is 751 g/mol. The maximum absolute atomic E-state index is 13.0. The maximum Gasteiger partial charge on any atom is 0.408 e. The zero-order valence-electron chi connectivity index (χ0n) is 30.6. The van der Waals surface area contributed by atoms with Crippen LogP contribution in [0.4, 0.5) is 23.8 Å². The Kier molecular flexibility index (Phi) is 9.38. The number of rotatable bonds is 10. The lowest BCUT2D eigenvalue weighted by Gasteiger charge is -2.76. The highest BCUT2D eigenvalue weighted by molar-refractivity contribution is 7.18. The van der Waals surface area contributed by atoms with Crippen molar-refractivity contribution in [3.63, 3.8) is 0 Å². The molecule has 15 heteroatoms. The fourth-order valence-electron chi connectivity index (χ4n) is 8.62. The molecule has 0 spiro atoms. The standard InChI is InChI=1S/C38H45F3N8O3S/c1-22-24(17-48-10-8-25(9-11-48)46-32-29-13-27(14-38(39,40)41)53-33(29)45-21-44-32)6-7-30-28(22)12-26(15-42)49(30)20-36-18-37(19-36,23(36)2)47-31(50)16-43-34(51)52-35(3,4)5/h6-7,12-13,21,23,25H,8-11,14,16-20H2,1-5H3,(H,43,51)(H,47,50)(H,44,45,46)/t23-,36?,37?/m0/s1. The number of likely N-dealkylation sites (tertiary alicyclic amines) is 1. The Morgan fingerprint density at radius 1 is 1.11 bits per heavy atom. The number of hydrogen-bond acceptors (Lipinski definition) is 9. The number of ether oxygens (including phenoxy) is 1. The monoisotopic (exact) mass is 750 g/mol. The van der Waals surface area contributed by atoms with Crippen LogP contribution < -0.4 is 16.0 Å². The molecule has 4 heterocycles. The molecule has 1 aromatic carbocycles. The number of anilines is 1. The average Bonchev–Trinajstić information content (AvgIpc) is 3.64. The number of fused-ring (bicyclic) bond motifs is 2. The minimum Gasteiger partial charge on any atom is -0.444 e. The Balaban J connectivity index is 0.949. The number of halogens is 3. The first kappa shape index (κ1) is 36.9. The van der Waals surface area contributed by atoms with E-state index in [1.807, 2.05) is 6.07 Å². The van der Waals surface area contributed by atoms with Crippen LogP contribution in [0.5, 0.6) is 0 Å². The van der Waals surface area contributed by atoms with Crippen molar-refractivity contribution in [1.29, 1.82) is 5.26 Å². The van der Waals surface area contributed by atoms with Crippen LogP contribution in [0.1, 0.15) is 75.1 Å². The number of alkyl carbamates (subject to hydrolysis) is 1. The molecule has 53 heavy (non-hydrogen) atoms. The van der Waals surface area contributed by atoms with Crippen molar-refractivity contribution in [3.05, 3.63) is 52.3 Å². The van der Waals surface area contributed by atoms with E-state index in [0.29, 0.717) is 28.3 Å². The number of alkyl halides is 3. The van der Waals surface area contributed by atoms with Gasteiger partial charge in [-0.05, 0) is 94.0 Å². The topological polar surface area (TPSA) is 137 Å². The smallest absolute Gasteiger partial charge is 0.408 e. The zero-order valence-corrected chi connectivity index (χ0v) is 31.4. The van der Waals surface area contributed by atoms with E-state index in [4.69, 9.17) is 4.74 Å². The summed E-state index contributed by atoms with van der Waals surface area (Å²) in [6.07, 6.45) is -1.10. The van der Waals surface area contributed by atoms with E-state index in [0.717, 1.165) is 73.1 Å². The second-order valence-corrected chi connectivity index (χ2v) is 17.3. The van der Waals surface area contributed by atoms with Gasteiger partial charge in [0, 0.05) is 53.5 Å². The molecule has 3 saturated carbocycles. The Morgan fingerprint density at radius 2 is 1.85 bits per heavy atom. The molecule has 4 aliphatic rings. The van der Waals surface area contributed by atoms with Gasteiger partial charge in [0.15, 0.2) is 0 Å². The number of aryl methyl sites for hydroxylation is 1. The maximum atomic E-state index is 13.0. The number of carbonyl (C=O) groups is 2. The van der Waals surface area contributed by atoms with Crippen molar-refractivity contribution >= 4 is 50.3 Å². The van der Waals surface area contributed by atoms with Crippen molar-refractivity contribution in [1.82, 2.24) is 30.1 Å². The van der Waals surface area contributed by atoms with Gasteiger partial charge in [-0.15, -0.1) is 11.3 Å². The minimum atomic E-state index is -4.27. The van der Waals surface area contributed by atoms with Crippen LogP contribution in [-0.4, -0.2) is 74.4 Å². The first-order chi connectivity index (χ1) is 25.0. The molecular weight excluding hydrogens is 706 g/mol. The van der Waals surface area contributed by atoms with E-state index in [9.17, 15) is 28.0 Å². The second-order valence-electron chi connectivity index (χ2n) is 16.1. The molecule has 2 amide bonds. The van der Waals surface area contributed by atoms with Crippen LogP contribution >= 0.6 is 11.3 Å². The molecule has 0 unspecified atom stereocenters. The van der Waals surface area contributed by atoms with Gasteiger partial charge >= 0.3 is 12.3 Å². The fourth-order valence-corrected chi connectivity index (χ4v) is 9.65. The number of nitrogens with zero attached hydrogens (tertiary/aromatic N) is 5. The molecule has 0 radical (unpaired) electrons. The Morgan fingerprint density at radius 3 is 2.51 bits per heavy atom. The number of nitriles is 1. The molecule has 8 rings (SSSR count). The largest absolute Gasteiger partial charge is 0.444 e. The quantitative estimate of drug-likeness (QED) is 0.161. The van der Waals surface area contributed by atoms with Gasteiger partial charge in [0.2, 0.25) is 5.91 Å². The van der Waals surface area contributed by atoms with E-state index in [-0.39, 0.29) is 40.2 Å². The lowest BCUT2D eigenvalue weighted by Crippen LogP contribution is -2.82. The first-order valence-electron chi connectivity index (χ1n) is 18.1. The van der Waals surface area contributed by atoms with Gasteiger partial charge < -0.3 is 25.3 Å². The number of carbonyl (C=O) groups excluding carboxylic acids is 2. The number of benzene rings is 1. The van der Waals surface area contributed by atoms with Gasteiger partial charge in [-0.1, -0.05) is 13.0 Å². The van der Waals surface area contributed by atoms with E-state index < -0.39 is 24.3 Å². The summed E-state index contributed by atoms with van der Waals surface area (Å²) in [7, 11) is 0. The van der Waals surface area contributed by atoms with Crippen LogP contribution in [0.2, 0.25) is 0 Å². The summed E-state index contributed by atoms with van der Waals surface area (Å²) in [4.78, 5) is 36.4. The highest BCUT2D eigenvalue weighted by Crippen LogP contribution is 2.72. The summed E-state index contributed by atoms with van der Waals surface area (Å²) in [5.41, 5.74) is 3.07. The molecule has 3 aliphatic carbocycles. The summed E-state index contributed by atoms with van der Waals surface area (Å²) in [5.74, 6) is 0.563. The SMILES string of the molecule is Cc1c(CN2CCC(Nc3ncnc4sc(CC(F)(F)F)cc34)CC2)ccc2c1cc(C#N)n2CC12CC(NC(=O)CNC(=O)OC(C)(C)C)(C1)[C@H]2C. The van der Waals surface area contributed by atoms with E-state index >= 15 is 0 Å². The fraction of sp³-hybridized carbons (Fsp3) is 0.553. The molecule has 1 aliphatic heterocycles. The third-order valence-corrected chi connectivity index (χ3v) is 12.4. The van der Waals surface area contributed by atoms with E-state index in [2.05, 4.69) is 67.4 Å². The molecule has 2 bridgehead atoms. The summed E-state index contributed by atoms with van der Waals surface area (Å²) in [6.45, 7) is 12.6. The predicted molar refractivity (Wildman–Crippen MR) is 196 cm³/mol. The highest BCUT2D eigenvalue weighted by Gasteiger charge is 2.74. The molecule has 4 fully saturated rings. The number of amides is 2. The van der Waals surface area contributed by atoms with Gasteiger partial charge in [0.25, 0.3) is 0 Å². The summed E-state index contributed by atoms with van der Waals surface area (Å²) in [6, 6.07) is 10.4. The highest BCUT2D eigenvalue weighted by atomic mass is 32.1. The molecule has 3 aromatic heterocycles. The third-order valence-electron chi connectivity index (χ3n) is 11.4. The van der Waals surface area contributed by atoms with Gasteiger partial charge in [-0.3, -0.25) is 9.69 Å². The van der Waals surface area contributed by atoms with Crippen LogP contribution in [-0.2, 0) is 29.0 Å². The van der Waals surface area contributed by atoms with Crippen molar-refractivity contribution in [2.24, 2.45) is 11.3 Å². The molecule has 1 saturated heterocycles. The van der Waals surface area contributed by atoms with Gasteiger partial charge in [-0.2, -0.15) is 18.4 Å².